The third kappa shape index (κ3) is 20.6. The number of hydrogen-bond donors (Lipinski definition) is 3. The van der Waals surface area contributed by atoms with Gasteiger partial charge in [0, 0.05) is 118 Å². The molecular formula is C70H76F8N12O14S2. The smallest absolute Gasteiger partial charge is 0.363 e. The fourth-order valence-corrected chi connectivity index (χ4v) is 14.2. The summed E-state index contributed by atoms with van der Waals surface area (Å²) in [6, 6.07) is 33.4. The first-order chi connectivity index (χ1) is 50.1. The minimum absolute atomic E-state index is 0.00540. The van der Waals surface area contributed by atoms with E-state index >= 15 is 4.39 Å². The van der Waals surface area contributed by atoms with Gasteiger partial charge in [0.15, 0.2) is 0 Å². The summed E-state index contributed by atoms with van der Waals surface area (Å²) in [5.41, 5.74) is 2.10. The zero-order valence-electron chi connectivity index (χ0n) is 57.3. The van der Waals surface area contributed by atoms with Gasteiger partial charge >= 0.3 is 23.7 Å². The lowest BCUT2D eigenvalue weighted by atomic mass is 10.1. The highest BCUT2D eigenvalue weighted by Gasteiger charge is 2.38. The Morgan fingerprint density at radius 2 is 0.991 bits per heavy atom. The molecule has 36 heteroatoms. The van der Waals surface area contributed by atoms with Crippen molar-refractivity contribution in [3.63, 3.8) is 0 Å². The van der Waals surface area contributed by atoms with E-state index in [1.165, 1.54) is 38.1 Å². The highest BCUT2D eigenvalue weighted by Crippen LogP contribution is 2.36. The van der Waals surface area contributed by atoms with E-state index in [9.17, 15) is 91.5 Å². The molecule has 0 bridgehead atoms. The normalized spacial score (nSPS) is 15.6. The average Bonchev–Trinajstić information content (AvgIpc) is 0.837. The third-order valence-corrected chi connectivity index (χ3v) is 20.3. The van der Waals surface area contributed by atoms with Crippen LogP contribution in [0, 0.1) is 45.7 Å². The van der Waals surface area contributed by atoms with Crippen LogP contribution in [0.4, 0.5) is 57.9 Å². The Hall–Kier alpha value is -9.82. The average molecular weight is 1530 g/mol. The molecule has 2 atom stereocenters. The summed E-state index contributed by atoms with van der Waals surface area (Å²) in [5, 5.41) is 25.6. The number of alkyl halides is 6. The minimum atomic E-state index is -4.94. The number of nitro benzene ring substituents is 2. The summed E-state index contributed by atoms with van der Waals surface area (Å²) in [5.74, 6) is -2.65. The van der Waals surface area contributed by atoms with Crippen molar-refractivity contribution in [1.29, 1.82) is 0 Å². The highest BCUT2D eigenvalue weighted by atomic mass is 32.2. The van der Waals surface area contributed by atoms with E-state index in [0.717, 1.165) is 60.2 Å². The molecule has 4 N–H and O–H groups in total. The van der Waals surface area contributed by atoms with Crippen molar-refractivity contribution in [3.8, 4) is 0 Å². The maximum atomic E-state index is 15.1. The number of piperazine rings is 2. The first kappa shape index (κ1) is 80.3. The lowest BCUT2D eigenvalue weighted by Crippen LogP contribution is -2.51. The van der Waals surface area contributed by atoms with Crippen molar-refractivity contribution in [2.45, 2.75) is 90.4 Å². The van der Waals surface area contributed by atoms with Crippen molar-refractivity contribution in [2.24, 2.45) is 5.73 Å². The molecule has 0 amide bonds. The van der Waals surface area contributed by atoms with Gasteiger partial charge in [0.1, 0.15) is 23.0 Å². The number of nitrogens with two attached hydrogens (primary N) is 1. The minimum Gasteiger partial charge on any atom is -0.363 e. The van der Waals surface area contributed by atoms with Crippen LogP contribution in [0.25, 0.3) is 0 Å². The van der Waals surface area contributed by atoms with Crippen LogP contribution in [-0.2, 0) is 76.0 Å². The topological polar surface area (TPSA) is 323 Å². The second-order valence-electron chi connectivity index (χ2n) is 25.4. The van der Waals surface area contributed by atoms with Crippen molar-refractivity contribution in [2.75, 3.05) is 86.8 Å². The summed E-state index contributed by atoms with van der Waals surface area (Å²) in [6.07, 6.45) is -9.17. The lowest BCUT2D eigenvalue weighted by Gasteiger charge is -2.37. The van der Waals surface area contributed by atoms with Gasteiger partial charge in [0.25, 0.3) is 42.7 Å². The zero-order valence-corrected chi connectivity index (χ0v) is 58.9. The van der Waals surface area contributed by atoms with Crippen LogP contribution in [0.15, 0.2) is 165 Å². The Balaban J connectivity index is 0.000000226. The van der Waals surface area contributed by atoms with Gasteiger partial charge in [0.2, 0.25) is 0 Å². The SMILES string of the molecule is Cc1c(N2CCN(Cc3cccc([N+](=O)[O-])c3)CC2)c(=O)n(C[C@H](N)c2ccccc2)c(=O)n1Cc1c(F)cccc1C(F)(F)F.Cc1c(N2CCN(Cc3cccc([N+](=O)[O-])c3)CC2)c(=O)n(C[C@H](NCCCS(=O)(=O)O)c2ccccc2)c(=O)n1Cc1c(F)cccc1C(F)(F)F.O=S1(=O)CCCO1. The van der Waals surface area contributed by atoms with Gasteiger partial charge in [-0.3, -0.25) is 66.6 Å². The van der Waals surface area contributed by atoms with Gasteiger partial charge in [-0.1, -0.05) is 97.1 Å². The molecule has 6 aromatic carbocycles. The summed E-state index contributed by atoms with van der Waals surface area (Å²) in [4.78, 5) is 85.4. The predicted molar refractivity (Wildman–Crippen MR) is 378 cm³/mol. The molecular weight excluding hydrogens is 1450 g/mol. The van der Waals surface area contributed by atoms with E-state index in [4.69, 9.17) is 5.73 Å². The number of nitro groups is 2. The Morgan fingerprint density at radius 1 is 0.575 bits per heavy atom. The van der Waals surface area contributed by atoms with Crippen LogP contribution in [0.3, 0.4) is 0 Å². The highest BCUT2D eigenvalue weighted by molar-refractivity contribution is 7.86. The van der Waals surface area contributed by atoms with Crippen molar-refractivity contribution in [1.82, 2.24) is 33.4 Å². The van der Waals surface area contributed by atoms with E-state index in [1.54, 1.807) is 94.7 Å². The first-order valence-electron chi connectivity index (χ1n) is 33.3. The van der Waals surface area contributed by atoms with E-state index < -0.39 is 130 Å². The van der Waals surface area contributed by atoms with E-state index in [-0.39, 0.29) is 79.0 Å². The molecule has 0 unspecified atom stereocenters. The quantitative estimate of drug-likeness (QED) is 0.0135. The van der Waals surface area contributed by atoms with Gasteiger partial charge in [-0.25, -0.2) is 18.4 Å². The summed E-state index contributed by atoms with van der Waals surface area (Å²) in [6.45, 7) is 4.82. The van der Waals surface area contributed by atoms with Crippen LogP contribution in [0.5, 0.6) is 0 Å². The molecule has 3 aliphatic heterocycles. The van der Waals surface area contributed by atoms with E-state index in [0.29, 0.717) is 82.1 Å². The Bertz CT molecular complexity index is 4940. The van der Waals surface area contributed by atoms with Crippen molar-refractivity contribution < 1.29 is 70.5 Å². The molecule has 0 aliphatic carbocycles. The monoisotopic (exact) mass is 1520 g/mol. The molecule has 0 radical (unpaired) electrons. The van der Waals surface area contributed by atoms with Crippen LogP contribution < -0.4 is 43.3 Å². The van der Waals surface area contributed by atoms with Gasteiger partial charge in [-0.15, -0.1) is 0 Å². The number of hydrogen-bond acceptors (Lipinski definition) is 19. The number of rotatable bonds is 23. The molecule has 3 aliphatic rings. The number of benzene rings is 6. The zero-order chi connectivity index (χ0) is 77.0. The summed E-state index contributed by atoms with van der Waals surface area (Å²) in [7, 11) is -7.30. The number of aromatic nitrogens is 4. The number of nitrogens with one attached hydrogen (secondary N) is 1. The number of non-ortho nitro benzene ring substituents is 2. The molecule has 26 nitrogen and oxygen atoms in total. The van der Waals surface area contributed by atoms with Crippen LogP contribution in [0.2, 0.25) is 0 Å². The molecule has 3 saturated heterocycles. The molecule has 0 spiro atoms. The van der Waals surface area contributed by atoms with Gasteiger partial charge < -0.3 is 20.9 Å². The largest absolute Gasteiger partial charge is 0.416 e. The maximum Gasteiger partial charge on any atom is 0.416 e. The van der Waals surface area contributed by atoms with Gasteiger partial charge in [-0.2, -0.15) is 43.2 Å². The van der Waals surface area contributed by atoms with Crippen molar-refractivity contribution >= 4 is 43.0 Å². The molecule has 8 aromatic rings. The fraction of sp³-hybridized carbons (Fsp3) is 0.371. The van der Waals surface area contributed by atoms with Gasteiger partial charge in [-0.05, 0) is 79.8 Å². The second kappa shape index (κ2) is 34.6. The van der Waals surface area contributed by atoms with Crippen molar-refractivity contribution in [3.05, 3.63) is 275 Å². The Kier molecular flexibility index (Phi) is 26.2. The second-order valence-corrected chi connectivity index (χ2v) is 28.7. The van der Waals surface area contributed by atoms with Crippen LogP contribution in [-0.4, -0.2) is 136 Å². The fourth-order valence-electron chi connectivity index (χ4n) is 12.8. The molecule has 106 heavy (non-hydrogen) atoms. The third-order valence-electron chi connectivity index (χ3n) is 18.2. The standard InChI is InChI=1S/C35H38F4N6O7S.C32H32F4N6O4.C3H6O3S/c1-24-32(42-17-15-41(16-18-42)21-25-8-5-11-27(20-25)45(48)49)33(46)44(23-31(26-9-3-2-4-10-26)40-14-7-19-53(50,51)52)34(47)43(24)22-28-29(35(37,38)39)12-6-13-30(28)36;1-21-29(39-15-13-38(14-16-39)18-22-7-5-10-24(17-22)42(45)46)30(43)41(20-28(37)23-8-3-2-4-9-23)31(44)40(21)19-25-26(32(34,35)36)11-6-12-27(25)33;4-7(5)3-1-2-6-7/h2-6,8-13,20,31,40H,7,14-19,21-23H2,1H3,(H,50,51,52);2-12,17,28H,13-16,18-20,37H2,1H3;1-3H2/t31-;28-;/m00./s1. The molecule has 568 valence electrons. The molecule has 0 saturated carbocycles. The van der Waals surface area contributed by atoms with E-state index in [1.807, 2.05) is 4.90 Å². The number of halogens is 8. The van der Waals surface area contributed by atoms with Crippen LogP contribution in [0.1, 0.15) is 80.8 Å². The summed E-state index contributed by atoms with van der Waals surface area (Å²) < 4.78 is 174. The Labute approximate surface area is 602 Å². The predicted octanol–water partition coefficient (Wildman–Crippen LogP) is 8.56. The molecule has 11 rings (SSSR count). The van der Waals surface area contributed by atoms with Gasteiger partial charge in [0.05, 0.1) is 71.3 Å². The molecule has 3 fully saturated rings. The molecule has 5 heterocycles. The first-order valence-corrected chi connectivity index (χ1v) is 36.5. The van der Waals surface area contributed by atoms with Crippen LogP contribution >= 0.6 is 0 Å². The lowest BCUT2D eigenvalue weighted by molar-refractivity contribution is -0.385. The number of nitrogens with zero attached hydrogens (tertiary/aromatic N) is 10. The maximum absolute atomic E-state index is 15.1. The van der Waals surface area contributed by atoms with E-state index in [2.05, 4.69) is 14.4 Å². The molecule has 2 aromatic heterocycles. The number of anilines is 2. The Morgan fingerprint density at radius 3 is 1.37 bits per heavy atom. The summed E-state index contributed by atoms with van der Waals surface area (Å²) >= 11 is 0.